The first-order valence-electron chi connectivity index (χ1n) is 10.4. The molecule has 1 aromatic heterocycles. The number of carbonyl (C=O) groups excluding carboxylic acids is 1. The summed E-state index contributed by atoms with van der Waals surface area (Å²) in [6.45, 7) is 4.43. The molecule has 30 heavy (non-hydrogen) atoms. The van der Waals surface area contributed by atoms with E-state index in [0.29, 0.717) is 29.3 Å². The third kappa shape index (κ3) is 4.51. The summed E-state index contributed by atoms with van der Waals surface area (Å²) in [5.74, 6) is 0.829. The van der Waals surface area contributed by atoms with Crippen LogP contribution in [0.1, 0.15) is 49.2 Å². The Morgan fingerprint density at radius 2 is 1.73 bits per heavy atom. The number of rotatable bonds is 6. The van der Waals surface area contributed by atoms with Gasteiger partial charge in [0.15, 0.2) is 0 Å². The van der Waals surface area contributed by atoms with Gasteiger partial charge < -0.3 is 0 Å². The Balaban J connectivity index is 1.63. The molecule has 1 N–H and O–H groups in total. The molecular formula is C23H27N4O2S+. The van der Waals surface area contributed by atoms with Crippen LogP contribution >= 0.6 is 11.8 Å². The molecule has 7 heteroatoms. The molecule has 3 aromatic rings. The Morgan fingerprint density at radius 3 is 2.40 bits per heavy atom. The number of anilines is 1. The molecule has 0 spiro atoms. The first-order chi connectivity index (χ1) is 14.6. The Labute approximate surface area is 181 Å². The maximum Gasteiger partial charge on any atom is 0.318 e. The summed E-state index contributed by atoms with van der Waals surface area (Å²) in [7, 11) is 0. The van der Waals surface area contributed by atoms with Crippen molar-refractivity contribution in [3.63, 3.8) is 0 Å². The van der Waals surface area contributed by atoms with E-state index in [0.717, 1.165) is 23.4 Å². The van der Waals surface area contributed by atoms with Crippen molar-refractivity contribution < 1.29 is 14.1 Å². The zero-order valence-electron chi connectivity index (χ0n) is 17.3. The average molecular weight is 424 g/mol. The van der Waals surface area contributed by atoms with Gasteiger partial charge in [-0.3, -0.25) is 14.6 Å². The fraction of sp³-hybridized carbons (Fsp3) is 0.348. The Hall–Kier alpha value is -2.80. The second-order valence-electron chi connectivity index (χ2n) is 7.67. The van der Waals surface area contributed by atoms with Gasteiger partial charge >= 0.3 is 11.6 Å². The van der Waals surface area contributed by atoms with Crippen molar-refractivity contribution in [1.29, 1.82) is 0 Å². The van der Waals surface area contributed by atoms with E-state index in [9.17, 15) is 4.79 Å². The number of benzene rings is 2. The Bertz CT molecular complexity index is 967. The summed E-state index contributed by atoms with van der Waals surface area (Å²) < 4.78 is 5.65. The number of nitrogens with zero attached hydrogens (tertiary/aromatic N) is 3. The average Bonchev–Trinajstić information content (AvgIpc) is 3.15. The smallest absolute Gasteiger partial charge is 0.284 e. The Kier molecular flexibility index (Phi) is 6.38. The van der Waals surface area contributed by atoms with Crippen LogP contribution in [0.3, 0.4) is 0 Å². The molecule has 156 valence electrons. The molecule has 0 bridgehead atoms. The van der Waals surface area contributed by atoms with E-state index in [1.165, 1.54) is 6.42 Å². The van der Waals surface area contributed by atoms with Crippen molar-refractivity contribution >= 4 is 23.6 Å². The SMILES string of the molecule is CC1CCCC(C)N1[n+]1noc(NC(=O)c2ccccc2)c1CSc1ccccc1. The fourth-order valence-electron chi connectivity index (χ4n) is 3.89. The molecule has 2 heterocycles. The molecule has 6 nitrogen and oxygen atoms in total. The van der Waals surface area contributed by atoms with Crippen LogP contribution in [-0.2, 0) is 5.75 Å². The minimum absolute atomic E-state index is 0.204. The van der Waals surface area contributed by atoms with Crippen LogP contribution in [0, 0.1) is 0 Å². The number of carbonyl (C=O) groups is 1. The van der Waals surface area contributed by atoms with E-state index in [2.05, 4.69) is 41.6 Å². The minimum Gasteiger partial charge on any atom is -0.284 e. The second kappa shape index (κ2) is 9.34. The van der Waals surface area contributed by atoms with E-state index < -0.39 is 0 Å². The first kappa shape index (κ1) is 20.5. The molecule has 0 radical (unpaired) electrons. The lowest BCUT2D eigenvalue weighted by Crippen LogP contribution is -2.69. The topological polar surface area (TPSA) is 62.3 Å². The van der Waals surface area contributed by atoms with Crippen molar-refractivity contribution in [2.45, 2.75) is 55.8 Å². The van der Waals surface area contributed by atoms with Crippen molar-refractivity contribution in [3.8, 4) is 0 Å². The number of thioether (sulfide) groups is 1. The van der Waals surface area contributed by atoms with Crippen molar-refractivity contribution in [1.82, 2.24) is 5.27 Å². The summed E-state index contributed by atoms with van der Waals surface area (Å²) in [5, 5.41) is 9.53. The minimum atomic E-state index is -0.204. The molecular weight excluding hydrogens is 396 g/mol. The van der Waals surface area contributed by atoms with Gasteiger partial charge in [-0.15, -0.1) is 16.8 Å². The molecule has 2 atom stereocenters. The van der Waals surface area contributed by atoms with E-state index >= 15 is 0 Å². The molecule has 2 unspecified atom stereocenters. The van der Waals surface area contributed by atoms with Crippen LogP contribution < -0.4 is 15.1 Å². The highest BCUT2D eigenvalue weighted by Gasteiger charge is 2.39. The first-order valence-corrected chi connectivity index (χ1v) is 11.4. The molecule has 1 fully saturated rings. The highest BCUT2D eigenvalue weighted by Crippen LogP contribution is 2.26. The van der Waals surface area contributed by atoms with Gasteiger partial charge in [0, 0.05) is 10.5 Å². The maximum absolute atomic E-state index is 12.7. The van der Waals surface area contributed by atoms with Gasteiger partial charge in [0.25, 0.3) is 5.91 Å². The number of hydrogen-bond acceptors (Lipinski definition) is 5. The highest BCUT2D eigenvalue weighted by atomic mass is 32.2. The fourth-order valence-corrected chi connectivity index (χ4v) is 4.79. The van der Waals surface area contributed by atoms with Gasteiger partial charge in [-0.2, -0.15) is 0 Å². The van der Waals surface area contributed by atoms with Gasteiger partial charge in [0.1, 0.15) is 0 Å². The maximum atomic E-state index is 12.7. The molecule has 0 saturated carbocycles. The van der Waals surface area contributed by atoms with Crippen LogP contribution in [0.4, 0.5) is 5.88 Å². The predicted octanol–water partition coefficient (Wildman–Crippen LogP) is 4.41. The van der Waals surface area contributed by atoms with Gasteiger partial charge in [0.2, 0.25) is 5.27 Å². The molecule has 1 amide bonds. The van der Waals surface area contributed by atoms with E-state index in [1.807, 2.05) is 41.2 Å². The van der Waals surface area contributed by atoms with Gasteiger partial charge in [-0.05, 0) is 57.4 Å². The van der Waals surface area contributed by atoms with Crippen LogP contribution in [-0.4, -0.2) is 23.3 Å². The van der Waals surface area contributed by atoms with Crippen molar-refractivity contribution in [3.05, 3.63) is 71.9 Å². The van der Waals surface area contributed by atoms with E-state index in [4.69, 9.17) is 4.52 Å². The summed E-state index contributed by atoms with van der Waals surface area (Å²) in [6.07, 6.45) is 3.44. The third-order valence-corrected chi connectivity index (χ3v) is 6.48. The zero-order chi connectivity index (χ0) is 20.9. The van der Waals surface area contributed by atoms with Gasteiger partial charge in [-0.1, -0.05) is 36.4 Å². The number of amides is 1. The summed E-state index contributed by atoms with van der Waals surface area (Å²) >= 11 is 1.70. The van der Waals surface area contributed by atoms with Crippen LogP contribution in [0.5, 0.6) is 0 Å². The lowest BCUT2D eigenvalue weighted by atomic mass is 10.00. The summed E-state index contributed by atoms with van der Waals surface area (Å²) in [5.41, 5.74) is 1.44. The summed E-state index contributed by atoms with van der Waals surface area (Å²) in [6, 6.07) is 20.1. The Morgan fingerprint density at radius 1 is 1.10 bits per heavy atom. The third-order valence-electron chi connectivity index (χ3n) is 5.46. The van der Waals surface area contributed by atoms with Crippen LogP contribution in [0.25, 0.3) is 0 Å². The number of nitrogens with one attached hydrogen (secondary N) is 1. The van der Waals surface area contributed by atoms with Gasteiger partial charge in [0.05, 0.1) is 22.6 Å². The highest BCUT2D eigenvalue weighted by molar-refractivity contribution is 7.98. The summed E-state index contributed by atoms with van der Waals surface area (Å²) in [4.78, 5) is 15.8. The molecule has 1 aliphatic rings. The zero-order valence-corrected chi connectivity index (χ0v) is 18.1. The second-order valence-corrected chi connectivity index (χ2v) is 8.72. The number of piperidine rings is 1. The van der Waals surface area contributed by atoms with Crippen LogP contribution in [0.15, 0.2) is 70.1 Å². The van der Waals surface area contributed by atoms with Crippen molar-refractivity contribution in [2.75, 3.05) is 10.3 Å². The standard InChI is InChI=1S/C23H26N4O2S/c1-17-10-9-11-18(2)26(17)27-21(16-30-20-14-7-4-8-15-20)23(29-25-27)24-22(28)19-12-5-3-6-13-19/h3-8,12-15,17-18H,9-11,16H2,1-2H3/p+1. The van der Waals surface area contributed by atoms with Crippen molar-refractivity contribution in [2.24, 2.45) is 0 Å². The molecule has 4 rings (SSSR count). The largest absolute Gasteiger partial charge is 0.318 e. The lowest BCUT2D eigenvalue weighted by molar-refractivity contribution is -0.771. The molecule has 1 aliphatic heterocycles. The molecule has 2 aromatic carbocycles. The quantitative estimate of drug-likeness (QED) is 0.470. The number of hydrogen-bond donors (Lipinski definition) is 1. The van der Waals surface area contributed by atoms with Crippen LogP contribution in [0.2, 0.25) is 0 Å². The van der Waals surface area contributed by atoms with E-state index in [-0.39, 0.29) is 5.91 Å². The monoisotopic (exact) mass is 423 g/mol. The molecule has 1 saturated heterocycles. The molecule has 0 aliphatic carbocycles. The predicted molar refractivity (Wildman–Crippen MR) is 118 cm³/mol. The van der Waals surface area contributed by atoms with Gasteiger partial charge in [-0.25, -0.2) is 0 Å². The van der Waals surface area contributed by atoms with E-state index in [1.54, 1.807) is 23.9 Å². The number of aromatic nitrogens is 2. The normalized spacial score (nSPS) is 18.9. The lowest BCUT2D eigenvalue weighted by Gasteiger charge is -2.32.